The van der Waals surface area contributed by atoms with Crippen LogP contribution in [0.3, 0.4) is 0 Å². The summed E-state index contributed by atoms with van der Waals surface area (Å²) < 4.78 is 0. The number of carboxylic acids is 1. The number of nitrogens with zero attached hydrogens (tertiary/aromatic N) is 3. The van der Waals surface area contributed by atoms with Crippen molar-refractivity contribution in [2.24, 2.45) is 5.73 Å². The fourth-order valence-corrected chi connectivity index (χ4v) is 4.39. The van der Waals surface area contributed by atoms with Crippen LogP contribution >= 0.6 is 11.3 Å². The molecule has 1 atom stereocenters. The normalized spacial score (nSPS) is 16.0. The number of fused-ring (bicyclic) bond motifs is 1. The van der Waals surface area contributed by atoms with E-state index in [1.807, 2.05) is 6.07 Å². The number of anilines is 2. The molecule has 2 aromatic heterocycles. The van der Waals surface area contributed by atoms with Gasteiger partial charge in [-0.05, 0) is 25.0 Å². The predicted octanol–water partition coefficient (Wildman–Crippen LogP) is 1.52. The van der Waals surface area contributed by atoms with Gasteiger partial charge in [0.15, 0.2) is 0 Å². The fourth-order valence-electron chi connectivity index (χ4n) is 3.42. The van der Waals surface area contributed by atoms with Crippen molar-refractivity contribution in [3.05, 3.63) is 16.5 Å². The largest absolute Gasteiger partial charge is 0.477 e. The molecule has 3 heterocycles. The smallest absolute Gasteiger partial charge is 0.348 e. The van der Waals surface area contributed by atoms with Gasteiger partial charge in [0, 0.05) is 31.6 Å². The Hall–Kier alpha value is -2.39. The molecular weight excluding hydrogens is 366 g/mol. The van der Waals surface area contributed by atoms with Gasteiger partial charge < -0.3 is 26.4 Å². The third-order valence-electron chi connectivity index (χ3n) is 4.79. The molecule has 146 valence electrons. The summed E-state index contributed by atoms with van der Waals surface area (Å²) in [5.41, 5.74) is 13.1. The number of nitrogens with two attached hydrogens (primary N) is 2. The maximum Gasteiger partial charge on any atom is 0.348 e. The summed E-state index contributed by atoms with van der Waals surface area (Å²) >= 11 is 1.12. The molecule has 0 saturated carbocycles. The number of pyridine rings is 1. The molecule has 27 heavy (non-hydrogen) atoms. The average Bonchev–Trinajstić information content (AvgIpc) is 2.98. The summed E-state index contributed by atoms with van der Waals surface area (Å²) in [6.45, 7) is 6.28. The van der Waals surface area contributed by atoms with Crippen molar-refractivity contribution in [3.8, 4) is 0 Å². The maximum atomic E-state index is 12.1. The number of carboxylic acid groups (broad SMARTS) is 1. The molecule has 2 aromatic rings. The lowest BCUT2D eigenvalue weighted by Gasteiger charge is -2.36. The molecule has 0 aromatic carbocycles. The van der Waals surface area contributed by atoms with Crippen LogP contribution in [0.2, 0.25) is 0 Å². The summed E-state index contributed by atoms with van der Waals surface area (Å²) in [6.07, 6.45) is 1.72. The van der Waals surface area contributed by atoms with Crippen LogP contribution < -0.4 is 16.4 Å². The quantitative estimate of drug-likeness (QED) is 0.705. The van der Waals surface area contributed by atoms with Crippen LogP contribution in [0.15, 0.2) is 6.07 Å². The van der Waals surface area contributed by atoms with Crippen LogP contribution in [0.4, 0.5) is 11.5 Å². The van der Waals surface area contributed by atoms with Gasteiger partial charge in [-0.25, -0.2) is 9.78 Å². The lowest BCUT2D eigenvalue weighted by Crippen LogP contribution is -2.52. The van der Waals surface area contributed by atoms with Crippen molar-refractivity contribution in [1.29, 1.82) is 0 Å². The molecule has 1 saturated heterocycles. The molecule has 0 bridgehead atoms. The lowest BCUT2D eigenvalue weighted by molar-refractivity contribution is -0.132. The van der Waals surface area contributed by atoms with Gasteiger partial charge in [-0.1, -0.05) is 13.3 Å². The van der Waals surface area contributed by atoms with Crippen molar-refractivity contribution >= 4 is 44.9 Å². The number of rotatable bonds is 5. The SMILES string of the molecule is CCCc1cc(N2CCN(C(=O)[C@H](C)N)CC2)nc2sc(C(=O)O)c(N)c12. The second-order valence-corrected chi connectivity index (χ2v) is 7.82. The Kier molecular flexibility index (Phi) is 5.52. The first-order valence-corrected chi connectivity index (χ1v) is 9.89. The van der Waals surface area contributed by atoms with Crippen LogP contribution in [-0.4, -0.2) is 59.1 Å². The third kappa shape index (κ3) is 3.70. The highest BCUT2D eigenvalue weighted by atomic mass is 32.1. The Labute approximate surface area is 161 Å². The van der Waals surface area contributed by atoms with Gasteiger partial charge in [0.05, 0.1) is 11.7 Å². The minimum atomic E-state index is -1.03. The highest BCUT2D eigenvalue weighted by Crippen LogP contribution is 2.37. The standard InChI is InChI=1S/C18H25N5O3S/c1-3-4-11-9-12(21-16-13(11)14(20)15(27-16)18(25)26)22-5-7-23(8-6-22)17(24)10(2)19/h9-10H,3-8,19-20H2,1-2H3,(H,25,26)/t10-/m0/s1. The first kappa shape index (κ1) is 19.4. The van der Waals surface area contributed by atoms with Crippen LogP contribution in [0.1, 0.15) is 35.5 Å². The van der Waals surface area contributed by atoms with E-state index >= 15 is 0 Å². The number of nitrogen functional groups attached to an aromatic ring is 1. The average molecular weight is 391 g/mol. The molecule has 1 aliphatic rings. The van der Waals surface area contributed by atoms with E-state index in [0.29, 0.717) is 36.7 Å². The van der Waals surface area contributed by atoms with Gasteiger partial charge in [0.25, 0.3) is 0 Å². The number of thiophene rings is 1. The van der Waals surface area contributed by atoms with Crippen LogP contribution in [0, 0.1) is 0 Å². The zero-order valence-corrected chi connectivity index (χ0v) is 16.4. The molecule has 1 amide bonds. The Morgan fingerprint density at radius 3 is 2.56 bits per heavy atom. The minimum absolute atomic E-state index is 0.0399. The number of hydrogen-bond acceptors (Lipinski definition) is 7. The van der Waals surface area contributed by atoms with Crippen molar-refractivity contribution in [1.82, 2.24) is 9.88 Å². The van der Waals surface area contributed by atoms with Crippen molar-refractivity contribution in [3.63, 3.8) is 0 Å². The van der Waals surface area contributed by atoms with E-state index < -0.39 is 12.0 Å². The predicted molar refractivity (Wildman–Crippen MR) is 107 cm³/mol. The highest BCUT2D eigenvalue weighted by molar-refractivity contribution is 7.21. The summed E-state index contributed by atoms with van der Waals surface area (Å²) in [4.78, 5) is 32.9. The Morgan fingerprint density at radius 2 is 2.00 bits per heavy atom. The molecule has 0 unspecified atom stereocenters. The summed E-state index contributed by atoms with van der Waals surface area (Å²) in [5, 5.41) is 10.1. The van der Waals surface area contributed by atoms with Gasteiger partial charge in [-0.2, -0.15) is 0 Å². The minimum Gasteiger partial charge on any atom is -0.477 e. The molecule has 1 aliphatic heterocycles. The van der Waals surface area contributed by atoms with Crippen molar-refractivity contribution in [2.75, 3.05) is 36.8 Å². The van der Waals surface area contributed by atoms with E-state index in [9.17, 15) is 14.7 Å². The number of piperazine rings is 1. The molecule has 5 N–H and O–H groups in total. The van der Waals surface area contributed by atoms with Crippen molar-refractivity contribution in [2.45, 2.75) is 32.7 Å². The Balaban J connectivity index is 1.92. The Bertz CT molecular complexity index is 871. The van der Waals surface area contributed by atoms with E-state index in [1.165, 1.54) is 0 Å². The number of amides is 1. The van der Waals surface area contributed by atoms with E-state index in [4.69, 9.17) is 11.5 Å². The number of carbonyl (C=O) groups is 2. The topological polar surface area (TPSA) is 126 Å². The van der Waals surface area contributed by atoms with E-state index in [1.54, 1.807) is 11.8 Å². The van der Waals surface area contributed by atoms with Gasteiger partial charge in [0.2, 0.25) is 5.91 Å². The first-order chi connectivity index (χ1) is 12.8. The summed E-state index contributed by atoms with van der Waals surface area (Å²) in [7, 11) is 0. The zero-order valence-electron chi connectivity index (χ0n) is 15.6. The van der Waals surface area contributed by atoms with Crippen LogP contribution in [0.5, 0.6) is 0 Å². The van der Waals surface area contributed by atoms with Gasteiger partial charge in [0.1, 0.15) is 15.5 Å². The van der Waals surface area contributed by atoms with Gasteiger partial charge >= 0.3 is 5.97 Å². The molecule has 0 spiro atoms. The lowest BCUT2D eigenvalue weighted by atomic mass is 10.1. The van der Waals surface area contributed by atoms with Crippen LogP contribution in [0.25, 0.3) is 10.2 Å². The van der Waals surface area contributed by atoms with Gasteiger partial charge in [-0.3, -0.25) is 4.79 Å². The van der Waals surface area contributed by atoms with Gasteiger partial charge in [-0.15, -0.1) is 11.3 Å². The van der Waals surface area contributed by atoms with Crippen LogP contribution in [-0.2, 0) is 11.2 Å². The highest BCUT2D eigenvalue weighted by Gasteiger charge is 2.25. The fraction of sp³-hybridized carbons (Fsp3) is 0.500. The molecule has 0 aliphatic carbocycles. The second-order valence-electron chi connectivity index (χ2n) is 6.82. The molecule has 8 nitrogen and oxygen atoms in total. The van der Waals surface area contributed by atoms with E-state index in [0.717, 1.165) is 40.9 Å². The monoisotopic (exact) mass is 391 g/mol. The summed E-state index contributed by atoms with van der Waals surface area (Å²) in [6, 6.07) is 1.51. The number of aromatic carboxylic acids is 1. The summed E-state index contributed by atoms with van der Waals surface area (Å²) in [5.74, 6) is -0.263. The number of aromatic nitrogens is 1. The third-order valence-corrected chi connectivity index (χ3v) is 5.87. The zero-order chi connectivity index (χ0) is 19.7. The number of aryl methyl sites for hydroxylation is 1. The molecule has 3 rings (SSSR count). The maximum absolute atomic E-state index is 12.1. The molecule has 0 radical (unpaired) electrons. The van der Waals surface area contributed by atoms with Crippen molar-refractivity contribution < 1.29 is 14.7 Å². The molecular formula is C18H25N5O3S. The number of carbonyl (C=O) groups excluding carboxylic acids is 1. The Morgan fingerprint density at radius 1 is 1.33 bits per heavy atom. The molecule has 9 heteroatoms. The second kappa shape index (κ2) is 7.69. The van der Waals surface area contributed by atoms with E-state index in [2.05, 4.69) is 16.8 Å². The first-order valence-electron chi connectivity index (χ1n) is 9.08. The molecule has 1 fully saturated rings. The number of hydrogen-bond donors (Lipinski definition) is 3. The van der Waals surface area contributed by atoms with E-state index in [-0.39, 0.29) is 10.8 Å².